The number of benzene rings is 1. The smallest absolute Gasteiger partial charge is 0.336 e. The lowest BCUT2D eigenvalue weighted by molar-refractivity contribution is -0.349. The molecule has 12 heteroatoms. The second-order valence-corrected chi connectivity index (χ2v) is 8.51. The first-order chi connectivity index (χ1) is 16.1. The molecule has 0 radical (unpaired) electrons. The summed E-state index contributed by atoms with van der Waals surface area (Å²) in [6.45, 7) is 2.56. The van der Waals surface area contributed by atoms with Crippen LogP contribution in [0.5, 0.6) is 5.75 Å². The number of fused-ring (bicyclic) bond motifs is 1. The van der Waals surface area contributed by atoms with Crippen LogP contribution in [-0.2, 0) is 14.2 Å². The quantitative estimate of drug-likeness (QED) is 0.260. The van der Waals surface area contributed by atoms with Crippen LogP contribution in [0, 0.1) is 6.92 Å². The molecule has 1 aromatic heterocycles. The summed E-state index contributed by atoms with van der Waals surface area (Å²) in [4.78, 5) is 11.7. The van der Waals surface area contributed by atoms with Gasteiger partial charge in [0.05, 0.1) is 12.7 Å². The topological polar surface area (TPSA) is 189 Å². The molecule has 12 nitrogen and oxygen atoms in total. The van der Waals surface area contributed by atoms with Crippen molar-refractivity contribution in [2.75, 3.05) is 6.61 Å². The predicted molar refractivity (Wildman–Crippen MR) is 113 cm³/mol. The van der Waals surface area contributed by atoms with Crippen molar-refractivity contribution in [2.45, 2.75) is 75.3 Å². The zero-order valence-electron chi connectivity index (χ0n) is 18.4. The average molecular weight is 484 g/mol. The van der Waals surface area contributed by atoms with Crippen molar-refractivity contribution in [2.24, 2.45) is 0 Å². The van der Waals surface area contributed by atoms with Crippen molar-refractivity contribution in [3.8, 4) is 5.75 Å². The van der Waals surface area contributed by atoms with Crippen LogP contribution in [0.15, 0.2) is 33.5 Å². The van der Waals surface area contributed by atoms with E-state index in [4.69, 9.17) is 23.4 Å². The predicted octanol–water partition coefficient (Wildman–Crippen LogP) is -1.87. The van der Waals surface area contributed by atoms with Gasteiger partial charge in [-0.1, -0.05) is 0 Å². The number of hydrogen-bond donors (Lipinski definition) is 6. The van der Waals surface area contributed by atoms with Gasteiger partial charge in [0.25, 0.3) is 0 Å². The van der Waals surface area contributed by atoms with Crippen LogP contribution in [0.25, 0.3) is 11.0 Å². The number of hydrogen-bond acceptors (Lipinski definition) is 12. The maximum absolute atomic E-state index is 11.7. The Morgan fingerprint density at radius 2 is 1.65 bits per heavy atom. The van der Waals surface area contributed by atoms with Crippen LogP contribution in [0.4, 0.5) is 0 Å². The Hall–Kier alpha value is -2.13. The minimum Gasteiger partial charge on any atom is -0.462 e. The lowest BCUT2D eigenvalue weighted by atomic mass is 9.97. The van der Waals surface area contributed by atoms with E-state index in [1.54, 1.807) is 19.1 Å². The molecule has 0 bridgehead atoms. The highest BCUT2D eigenvalue weighted by Gasteiger charge is 2.50. The molecule has 188 valence electrons. The monoisotopic (exact) mass is 484 g/mol. The zero-order valence-corrected chi connectivity index (χ0v) is 18.4. The van der Waals surface area contributed by atoms with E-state index < -0.39 is 73.6 Å². The zero-order chi connectivity index (χ0) is 24.7. The van der Waals surface area contributed by atoms with Crippen molar-refractivity contribution in [3.05, 3.63) is 40.2 Å². The maximum Gasteiger partial charge on any atom is 0.336 e. The summed E-state index contributed by atoms with van der Waals surface area (Å²) in [6, 6.07) is 6.01. The number of ether oxygens (including phenoxy) is 4. The highest BCUT2D eigenvalue weighted by atomic mass is 16.7. The molecular weight excluding hydrogens is 456 g/mol. The lowest BCUT2D eigenvalue weighted by Crippen LogP contribution is -2.64. The standard InChI is InChI=1S/C22H28O12/c1-8-5-14(24)32-12-6-10(3-4-11(8)12)31-22-19(29)20(16(26)13(7-23)33-22)34-21-18(28)17(27)15(25)9(2)30-21/h3-6,9,13,15-23,25-29H,7H2,1-2H3/t9-,13+,15+,16-,17+,18-,19+,20-,21-,22+/m0/s1. The molecule has 2 aliphatic rings. The van der Waals surface area contributed by atoms with Gasteiger partial charge in [0, 0.05) is 17.5 Å². The number of aryl methyl sites for hydroxylation is 1. The summed E-state index contributed by atoms with van der Waals surface area (Å²) in [5.41, 5.74) is 0.413. The number of rotatable bonds is 5. The van der Waals surface area contributed by atoms with Crippen LogP contribution in [0.2, 0.25) is 0 Å². The van der Waals surface area contributed by atoms with Crippen LogP contribution in [-0.4, -0.2) is 98.7 Å². The second kappa shape index (κ2) is 9.85. The van der Waals surface area contributed by atoms with Gasteiger partial charge in [-0.15, -0.1) is 0 Å². The van der Waals surface area contributed by atoms with Crippen molar-refractivity contribution >= 4 is 11.0 Å². The third-order valence-corrected chi connectivity index (χ3v) is 6.10. The fraction of sp³-hybridized carbons (Fsp3) is 0.591. The third-order valence-electron chi connectivity index (χ3n) is 6.10. The fourth-order valence-corrected chi connectivity index (χ4v) is 4.10. The Morgan fingerprint density at radius 1 is 0.912 bits per heavy atom. The molecule has 0 aliphatic carbocycles. The van der Waals surface area contributed by atoms with Crippen molar-refractivity contribution in [1.29, 1.82) is 0 Å². The molecule has 6 N–H and O–H groups in total. The maximum atomic E-state index is 11.7. The molecule has 3 heterocycles. The van der Waals surface area contributed by atoms with Gasteiger partial charge in [0.2, 0.25) is 6.29 Å². The Morgan fingerprint density at radius 3 is 2.35 bits per heavy atom. The van der Waals surface area contributed by atoms with Gasteiger partial charge in [-0.3, -0.25) is 0 Å². The van der Waals surface area contributed by atoms with E-state index >= 15 is 0 Å². The minimum atomic E-state index is -1.67. The third kappa shape index (κ3) is 4.69. The summed E-state index contributed by atoms with van der Waals surface area (Å²) in [5.74, 6) is 0.165. The van der Waals surface area contributed by atoms with Crippen molar-refractivity contribution in [3.63, 3.8) is 0 Å². The SMILES string of the molecule is Cc1cc(=O)oc2cc(O[C@@H]3O[C@H](CO)[C@H](O)[C@H](O[C@@H]4O[C@@H](C)[C@@H](O)[C@@H](O)[C@@H]4O)[C@H]3O)ccc12. The van der Waals surface area contributed by atoms with Crippen LogP contribution in [0.3, 0.4) is 0 Å². The first-order valence-electron chi connectivity index (χ1n) is 10.8. The minimum absolute atomic E-state index is 0.165. The Balaban J connectivity index is 1.56. The summed E-state index contributed by atoms with van der Waals surface area (Å²) in [5, 5.41) is 61.8. The van der Waals surface area contributed by atoms with E-state index in [0.29, 0.717) is 10.9 Å². The van der Waals surface area contributed by atoms with Gasteiger partial charge in [-0.2, -0.15) is 0 Å². The van der Waals surface area contributed by atoms with Crippen LogP contribution >= 0.6 is 0 Å². The van der Waals surface area contributed by atoms with E-state index in [-0.39, 0.29) is 11.3 Å². The Bertz CT molecular complexity index is 1060. The highest BCUT2D eigenvalue weighted by Crippen LogP contribution is 2.31. The summed E-state index contributed by atoms with van der Waals surface area (Å²) < 4.78 is 27.4. The van der Waals surface area contributed by atoms with E-state index in [0.717, 1.165) is 0 Å². The summed E-state index contributed by atoms with van der Waals surface area (Å²) >= 11 is 0. The molecule has 0 saturated carbocycles. The Labute approximate surface area is 193 Å². The van der Waals surface area contributed by atoms with Crippen molar-refractivity contribution < 1.29 is 54.0 Å². The Kier molecular flexibility index (Phi) is 7.24. The molecule has 0 unspecified atom stereocenters. The first kappa shape index (κ1) is 25.0. The molecule has 1 aromatic carbocycles. The molecule has 2 aromatic rings. The summed E-state index contributed by atoms with van der Waals surface area (Å²) in [6.07, 6.45) is -14.3. The summed E-state index contributed by atoms with van der Waals surface area (Å²) in [7, 11) is 0. The average Bonchev–Trinajstić information content (AvgIpc) is 2.79. The van der Waals surface area contributed by atoms with Crippen LogP contribution < -0.4 is 10.4 Å². The van der Waals surface area contributed by atoms with E-state index in [1.165, 1.54) is 19.1 Å². The molecule has 2 fully saturated rings. The molecule has 0 amide bonds. The lowest BCUT2D eigenvalue weighted by Gasteiger charge is -2.45. The van der Waals surface area contributed by atoms with Gasteiger partial charge < -0.3 is 54.0 Å². The second-order valence-electron chi connectivity index (χ2n) is 8.51. The first-order valence-corrected chi connectivity index (χ1v) is 10.8. The molecule has 34 heavy (non-hydrogen) atoms. The van der Waals surface area contributed by atoms with E-state index in [2.05, 4.69) is 0 Å². The van der Waals surface area contributed by atoms with Gasteiger partial charge >= 0.3 is 5.63 Å². The fourth-order valence-electron chi connectivity index (χ4n) is 4.10. The molecular formula is C22H28O12. The molecule has 0 spiro atoms. The van der Waals surface area contributed by atoms with Gasteiger partial charge in [-0.05, 0) is 31.5 Å². The van der Waals surface area contributed by atoms with Crippen LogP contribution in [0.1, 0.15) is 12.5 Å². The highest BCUT2D eigenvalue weighted by molar-refractivity contribution is 5.81. The van der Waals surface area contributed by atoms with E-state index in [9.17, 15) is 35.4 Å². The molecule has 4 rings (SSSR count). The molecule has 2 saturated heterocycles. The number of aliphatic hydroxyl groups is 6. The largest absolute Gasteiger partial charge is 0.462 e. The normalized spacial score (nSPS) is 38.7. The van der Waals surface area contributed by atoms with Crippen molar-refractivity contribution in [1.82, 2.24) is 0 Å². The molecule has 2 aliphatic heterocycles. The van der Waals surface area contributed by atoms with Gasteiger partial charge in [0.15, 0.2) is 6.29 Å². The van der Waals surface area contributed by atoms with E-state index in [1.807, 2.05) is 0 Å². The van der Waals surface area contributed by atoms with Gasteiger partial charge in [0.1, 0.15) is 54.1 Å². The molecule has 10 atom stereocenters. The van der Waals surface area contributed by atoms with Gasteiger partial charge in [-0.25, -0.2) is 4.79 Å². The number of aliphatic hydroxyl groups excluding tert-OH is 6.